The highest BCUT2D eigenvalue weighted by atomic mass is 32.2. The number of amides is 2. The van der Waals surface area contributed by atoms with Crippen molar-refractivity contribution in [1.29, 1.82) is 0 Å². The van der Waals surface area contributed by atoms with Crippen LogP contribution in [0, 0.1) is 12.8 Å². The minimum absolute atomic E-state index is 0.176. The van der Waals surface area contributed by atoms with Crippen molar-refractivity contribution < 1.29 is 9.59 Å². The number of carbonyl (C=O) groups is 2. The highest BCUT2D eigenvalue weighted by Crippen LogP contribution is 2.39. The average Bonchev–Trinajstić information content (AvgIpc) is 3.02. The molecule has 2 aromatic heterocycles. The van der Waals surface area contributed by atoms with E-state index in [9.17, 15) is 9.59 Å². The molecular weight excluding hydrogens is 404 g/mol. The smallest absolute Gasteiger partial charge is 0.251 e. The fourth-order valence-electron chi connectivity index (χ4n) is 3.66. The van der Waals surface area contributed by atoms with Gasteiger partial charge in [0.25, 0.3) is 5.91 Å². The number of para-hydroxylation sites is 1. The summed E-state index contributed by atoms with van der Waals surface area (Å²) in [6.45, 7) is 4.04. The second-order valence-electron chi connectivity index (χ2n) is 7.35. The molecule has 6 nitrogen and oxygen atoms in total. The quantitative estimate of drug-likeness (QED) is 0.475. The van der Waals surface area contributed by atoms with E-state index < -0.39 is 5.91 Å². The van der Waals surface area contributed by atoms with Crippen molar-refractivity contribution in [3.05, 3.63) is 46.1 Å². The lowest BCUT2D eigenvalue weighted by Crippen LogP contribution is -2.20. The number of nitrogens with one attached hydrogen (secondary N) is 1. The van der Waals surface area contributed by atoms with Crippen LogP contribution in [0.4, 0.5) is 5.00 Å². The summed E-state index contributed by atoms with van der Waals surface area (Å²) in [7, 11) is 0. The van der Waals surface area contributed by atoms with E-state index in [0.29, 0.717) is 22.3 Å². The monoisotopic (exact) mass is 426 g/mol. The molecule has 1 aromatic carbocycles. The van der Waals surface area contributed by atoms with E-state index in [-0.39, 0.29) is 11.7 Å². The maximum absolute atomic E-state index is 12.6. The van der Waals surface area contributed by atoms with Gasteiger partial charge in [0.15, 0.2) is 0 Å². The second-order valence-corrected chi connectivity index (χ2v) is 9.42. The van der Waals surface area contributed by atoms with Gasteiger partial charge in [-0.1, -0.05) is 36.9 Å². The Morgan fingerprint density at radius 3 is 2.90 bits per heavy atom. The van der Waals surface area contributed by atoms with Gasteiger partial charge >= 0.3 is 0 Å². The Morgan fingerprint density at radius 2 is 2.10 bits per heavy atom. The van der Waals surface area contributed by atoms with Crippen molar-refractivity contribution in [2.24, 2.45) is 11.7 Å². The lowest BCUT2D eigenvalue weighted by atomic mass is 9.88. The number of thiophene rings is 1. The van der Waals surface area contributed by atoms with Gasteiger partial charge in [0.2, 0.25) is 5.91 Å². The van der Waals surface area contributed by atoms with Gasteiger partial charge in [-0.15, -0.1) is 11.3 Å². The lowest BCUT2D eigenvalue weighted by molar-refractivity contribution is -0.113. The Morgan fingerprint density at radius 1 is 1.31 bits per heavy atom. The van der Waals surface area contributed by atoms with Gasteiger partial charge in [-0.3, -0.25) is 9.59 Å². The first-order valence-electron chi connectivity index (χ1n) is 9.52. The molecule has 0 radical (unpaired) electrons. The van der Waals surface area contributed by atoms with E-state index in [2.05, 4.69) is 22.2 Å². The van der Waals surface area contributed by atoms with Gasteiger partial charge in [0.1, 0.15) is 15.9 Å². The van der Waals surface area contributed by atoms with Crippen LogP contribution in [0.25, 0.3) is 10.9 Å². The Labute approximate surface area is 177 Å². The number of aryl methyl sites for hydroxylation is 1. The topological polar surface area (TPSA) is 98.0 Å². The Balaban J connectivity index is 1.52. The first kappa shape index (κ1) is 19.8. The zero-order valence-electron chi connectivity index (χ0n) is 16.3. The molecule has 8 heteroatoms. The normalized spacial score (nSPS) is 15.9. The minimum atomic E-state index is -0.475. The molecule has 1 aliphatic rings. The van der Waals surface area contributed by atoms with Crippen molar-refractivity contribution in [2.75, 3.05) is 11.1 Å². The predicted octanol–water partition coefficient (Wildman–Crippen LogP) is 3.95. The van der Waals surface area contributed by atoms with Crippen LogP contribution in [0.5, 0.6) is 0 Å². The summed E-state index contributed by atoms with van der Waals surface area (Å²) in [5, 5.41) is 5.19. The van der Waals surface area contributed by atoms with E-state index in [4.69, 9.17) is 5.73 Å². The van der Waals surface area contributed by atoms with Crippen LogP contribution < -0.4 is 11.1 Å². The number of primary amides is 1. The molecule has 1 aliphatic carbocycles. The van der Waals surface area contributed by atoms with E-state index in [1.165, 1.54) is 23.1 Å². The molecule has 0 fully saturated rings. The molecule has 0 bridgehead atoms. The summed E-state index contributed by atoms with van der Waals surface area (Å²) in [4.78, 5) is 34.8. The highest BCUT2D eigenvalue weighted by Gasteiger charge is 2.27. The number of benzene rings is 1. The number of nitrogens with zero attached hydrogens (tertiary/aromatic N) is 2. The first-order chi connectivity index (χ1) is 13.9. The molecule has 0 saturated heterocycles. The molecule has 0 unspecified atom stereocenters. The molecule has 2 heterocycles. The SMILES string of the molecule is Cc1nc(SCC(=O)Nc2sc3c(c2C(N)=O)CC[C@@H](C)C3)c2ccccc2n1. The summed E-state index contributed by atoms with van der Waals surface area (Å²) in [6.07, 6.45) is 2.80. The van der Waals surface area contributed by atoms with Crippen molar-refractivity contribution in [2.45, 2.75) is 38.1 Å². The fourth-order valence-corrected chi connectivity index (χ4v) is 5.96. The van der Waals surface area contributed by atoms with Crippen LogP contribution in [-0.2, 0) is 17.6 Å². The fraction of sp³-hybridized carbons (Fsp3) is 0.333. The van der Waals surface area contributed by atoms with Crippen LogP contribution >= 0.6 is 23.1 Å². The van der Waals surface area contributed by atoms with Crippen molar-refractivity contribution in [1.82, 2.24) is 9.97 Å². The average molecular weight is 427 g/mol. The number of anilines is 1. The van der Waals surface area contributed by atoms with Gasteiger partial charge in [-0.2, -0.15) is 0 Å². The first-order valence-corrected chi connectivity index (χ1v) is 11.3. The molecular formula is C21H22N4O2S2. The van der Waals surface area contributed by atoms with Crippen LogP contribution in [0.15, 0.2) is 29.3 Å². The second kappa shape index (κ2) is 8.12. The molecule has 0 aliphatic heterocycles. The zero-order chi connectivity index (χ0) is 20.5. The van der Waals surface area contributed by atoms with Gasteiger partial charge in [-0.05, 0) is 43.7 Å². The molecule has 0 saturated carbocycles. The zero-order valence-corrected chi connectivity index (χ0v) is 18.0. The molecule has 4 rings (SSSR count). The minimum Gasteiger partial charge on any atom is -0.365 e. The number of hydrogen-bond donors (Lipinski definition) is 2. The van der Waals surface area contributed by atoms with Crippen LogP contribution in [-0.4, -0.2) is 27.5 Å². The van der Waals surface area contributed by atoms with Crippen molar-refractivity contribution in [3.63, 3.8) is 0 Å². The number of carbonyl (C=O) groups excluding carboxylic acids is 2. The maximum Gasteiger partial charge on any atom is 0.251 e. The van der Waals surface area contributed by atoms with Crippen LogP contribution in [0.2, 0.25) is 0 Å². The molecule has 1 atom stereocenters. The summed E-state index contributed by atoms with van der Waals surface area (Å²) in [5.74, 6) is 0.789. The van der Waals surface area contributed by atoms with Gasteiger partial charge in [0, 0.05) is 10.3 Å². The standard InChI is InChI=1S/C21H22N4O2S2/c1-11-7-8-14-16(9-11)29-21(18(14)19(22)27)25-17(26)10-28-20-13-5-3-4-6-15(13)23-12(2)24-20/h3-6,11H,7-10H2,1-2H3,(H2,22,27)(H,25,26)/t11-/m1/s1. The van der Waals surface area contributed by atoms with E-state index in [1.807, 2.05) is 31.2 Å². The molecule has 3 N–H and O–H groups in total. The van der Waals surface area contributed by atoms with Gasteiger partial charge in [0.05, 0.1) is 16.8 Å². The van der Waals surface area contributed by atoms with Crippen molar-refractivity contribution in [3.8, 4) is 0 Å². The number of rotatable bonds is 5. The van der Waals surface area contributed by atoms with Crippen LogP contribution in [0.3, 0.4) is 0 Å². The number of fused-ring (bicyclic) bond motifs is 2. The van der Waals surface area contributed by atoms with Crippen LogP contribution in [0.1, 0.15) is 40.0 Å². The Bertz CT molecular complexity index is 1110. The third-order valence-corrected chi connectivity index (χ3v) is 7.19. The number of hydrogen-bond acceptors (Lipinski definition) is 6. The van der Waals surface area contributed by atoms with Gasteiger partial charge in [-0.25, -0.2) is 9.97 Å². The molecule has 0 spiro atoms. The van der Waals surface area contributed by atoms with Crippen molar-refractivity contribution >= 4 is 50.8 Å². The molecule has 29 heavy (non-hydrogen) atoms. The summed E-state index contributed by atoms with van der Waals surface area (Å²) < 4.78 is 0. The largest absolute Gasteiger partial charge is 0.365 e. The number of thioether (sulfide) groups is 1. The van der Waals surface area contributed by atoms with E-state index in [1.54, 1.807) is 0 Å². The molecule has 3 aromatic rings. The third-order valence-electron chi connectivity index (χ3n) is 5.03. The summed E-state index contributed by atoms with van der Waals surface area (Å²) in [6, 6.07) is 7.75. The third kappa shape index (κ3) is 4.13. The maximum atomic E-state index is 12.6. The summed E-state index contributed by atoms with van der Waals surface area (Å²) >= 11 is 2.85. The molecule has 150 valence electrons. The predicted molar refractivity (Wildman–Crippen MR) is 118 cm³/mol. The van der Waals surface area contributed by atoms with E-state index in [0.717, 1.165) is 45.6 Å². The summed E-state index contributed by atoms with van der Waals surface area (Å²) in [5.41, 5.74) is 7.99. The number of nitrogens with two attached hydrogens (primary N) is 1. The number of aromatic nitrogens is 2. The van der Waals surface area contributed by atoms with Gasteiger partial charge < -0.3 is 11.1 Å². The molecule has 2 amide bonds. The highest BCUT2D eigenvalue weighted by molar-refractivity contribution is 8.00. The Kier molecular flexibility index (Phi) is 5.56. The lowest BCUT2D eigenvalue weighted by Gasteiger charge is -2.18. The van der Waals surface area contributed by atoms with E-state index >= 15 is 0 Å². The Hall–Kier alpha value is -2.45.